The zero-order chi connectivity index (χ0) is 25.1. The van der Waals surface area contributed by atoms with E-state index in [1.807, 2.05) is 30.3 Å². The molecule has 5 aromatic carbocycles. The summed E-state index contributed by atoms with van der Waals surface area (Å²) in [6, 6.07) is 30.5. The molecule has 37 heavy (non-hydrogen) atoms. The van der Waals surface area contributed by atoms with Gasteiger partial charge in [0.2, 0.25) is 0 Å². The normalized spacial score (nSPS) is 17.2. The highest BCUT2D eigenvalue weighted by molar-refractivity contribution is 6.29. The molecule has 0 N–H and O–H groups in total. The molecule has 0 radical (unpaired) electrons. The number of aryl methyl sites for hydroxylation is 1. The fourth-order valence-corrected chi connectivity index (χ4v) is 6.73. The summed E-state index contributed by atoms with van der Waals surface area (Å²) in [6.45, 7) is 4.19. The summed E-state index contributed by atoms with van der Waals surface area (Å²) in [5, 5.41) is 5.23. The molecule has 0 fully saturated rings. The van der Waals surface area contributed by atoms with Crippen LogP contribution in [-0.2, 0) is 12.8 Å². The third-order valence-electron chi connectivity index (χ3n) is 8.49. The van der Waals surface area contributed by atoms with Crippen LogP contribution in [-0.4, -0.2) is 11.6 Å². The van der Waals surface area contributed by atoms with Gasteiger partial charge in [0, 0.05) is 28.2 Å². The van der Waals surface area contributed by atoms with Gasteiger partial charge in [-0.25, -0.2) is 0 Å². The number of carbonyl (C=O) groups excluding carboxylic acids is 2. The topological polar surface area (TPSA) is 34.1 Å². The third-order valence-corrected chi connectivity index (χ3v) is 8.49. The first-order valence-corrected chi connectivity index (χ1v) is 13.0. The minimum Gasteiger partial charge on any atom is -0.289 e. The largest absolute Gasteiger partial charge is 0.289 e. The second-order valence-electron chi connectivity index (χ2n) is 10.3. The van der Waals surface area contributed by atoms with E-state index in [4.69, 9.17) is 0 Å². The molecule has 0 aromatic heterocycles. The number of rotatable bonds is 3. The fourth-order valence-electron chi connectivity index (χ4n) is 6.73. The Bertz CT molecular complexity index is 1770. The Morgan fingerprint density at radius 2 is 1.43 bits per heavy atom. The van der Waals surface area contributed by atoms with Crippen LogP contribution in [0.25, 0.3) is 21.5 Å². The summed E-state index contributed by atoms with van der Waals surface area (Å²) in [4.78, 5) is 26.9. The molecule has 2 aliphatic carbocycles. The lowest BCUT2D eigenvalue weighted by molar-refractivity contribution is 0.0978. The highest BCUT2D eigenvalue weighted by Crippen LogP contribution is 2.42. The van der Waals surface area contributed by atoms with E-state index < -0.39 is 0 Å². The van der Waals surface area contributed by atoms with Crippen LogP contribution in [0.15, 0.2) is 104 Å². The van der Waals surface area contributed by atoms with E-state index in [-0.39, 0.29) is 17.5 Å². The molecule has 2 unspecified atom stereocenters. The number of hydrogen-bond donors (Lipinski definition) is 0. The quantitative estimate of drug-likeness (QED) is 0.192. The highest BCUT2D eigenvalue weighted by Gasteiger charge is 2.35. The van der Waals surface area contributed by atoms with E-state index in [2.05, 4.69) is 55.1 Å². The summed E-state index contributed by atoms with van der Waals surface area (Å²) < 4.78 is 0. The molecule has 5 aromatic rings. The predicted octanol–water partition coefficient (Wildman–Crippen LogP) is 7.84. The van der Waals surface area contributed by atoms with Gasteiger partial charge in [-0.15, -0.1) is 6.58 Å². The summed E-state index contributed by atoms with van der Waals surface area (Å²) in [7, 11) is 0. The average molecular weight is 479 g/mol. The maximum atomic E-state index is 13.6. The lowest BCUT2D eigenvalue weighted by Gasteiger charge is -2.33. The van der Waals surface area contributed by atoms with Gasteiger partial charge in [0.15, 0.2) is 11.6 Å². The van der Waals surface area contributed by atoms with Crippen molar-refractivity contribution in [1.29, 1.82) is 0 Å². The van der Waals surface area contributed by atoms with E-state index in [9.17, 15) is 9.59 Å². The SMILES string of the molecule is C=CC(c1cccc2c1C(=O)c1ccccc1C2=O)C1CCc2c(ccc3c2ccc2ccccc23)C1. The molecule has 0 spiro atoms. The predicted molar refractivity (Wildman–Crippen MR) is 150 cm³/mol. The van der Waals surface area contributed by atoms with Crippen molar-refractivity contribution in [3.05, 3.63) is 143 Å². The monoisotopic (exact) mass is 478 g/mol. The summed E-state index contributed by atoms with van der Waals surface area (Å²) in [5.74, 6) is 0.191. The minimum atomic E-state index is -0.0671. The maximum Gasteiger partial charge on any atom is 0.194 e. The summed E-state index contributed by atoms with van der Waals surface area (Å²) in [6.07, 6.45) is 4.91. The molecule has 2 nitrogen and oxygen atoms in total. The Morgan fingerprint density at radius 1 is 0.703 bits per heavy atom. The van der Waals surface area contributed by atoms with Gasteiger partial charge in [-0.3, -0.25) is 9.59 Å². The second-order valence-corrected chi connectivity index (χ2v) is 10.3. The molecule has 0 saturated heterocycles. The Hall–Kier alpha value is -4.30. The van der Waals surface area contributed by atoms with Crippen molar-refractivity contribution in [1.82, 2.24) is 0 Å². The second kappa shape index (κ2) is 8.38. The van der Waals surface area contributed by atoms with Crippen LogP contribution in [0.4, 0.5) is 0 Å². The summed E-state index contributed by atoms with van der Waals surface area (Å²) >= 11 is 0. The van der Waals surface area contributed by atoms with Gasteiger partial charge in [-0.2, -0.15) is 0 Å². The highest BCUT2D eigenvalue weighted by atomic mass is 16.1. The van der Waals surface area contributed by atoms with Crippen LogP contribution < -0.4 is 0 Å². The van der Waals surface area contributed by atoms with Crippen molar-refractivity contribution < 1.29 is 9.59 Å². The summed E-state index contributed by atoms with van der Waals surface area (Å²) in [5.41, 5.74) is 5.83. The molecule has 0 saturated carbocycles. The van der Waals surface area contributed by atoms with Crippen molar-refractivity contribution in [2.24, 2.45) is 5.92 Å². The standard InChI is InChI=1S/C35H26O2/c1-2-24(29-12-7-13-32-33(29)35(37)31-11-6-5-10-30(31)34(32)36)22-15-17-26-23(20-22)16-19-27-25-9-4-3-8-21(25)14-18-28(26)27/h2-14,16,18-19,22,24H,1,15,17,20H2. The van der Waals surface area contributed by atoms with Crippen LogP contribution in [0.5, 0.6) is 0 Å². The van der Waals surface area contributed by atoms with E-state index >= 15 is 0 Å². The number of ketones is 2. The number of carbonyl (C=O) groups is 2. The smallest absolute Gasteiger partial charge is 0.194 e. The molecule has 0 amide bonds. The average Bonchev–Trinajstić information content (AvgIpc) is 2.95. The molecule has 0 heterocycles. The van der Waals surface area contributed by atoms with Gasteiger partial charge >= 0.3 is 0 Å². The van der Waals surface area contributed by atoms with E-state index in [0.717, 1.165) is 24.8 Å². The van der Waals surface area contributed by atoms with Gasteiger partial charge in [-0.05, 0) is 63.4 Å². The Kier molecular flexibility index (Phi) is 4.97. The van der Waals surface area contributed by atoms with Crippen LogP contribution in [0, 0.1) is 5.92 Å². The zero-order valence-electron chi connectivity index (χ0n) is 20.5. The lowest BCUT2D eigenvalue weighted by atomic mass is 9.70. The third kappa shape index (κ3) is 3.25. The van der Waals surface area contributed by atoms with Gasteiger partial charge in [0.1, 0.15) is 0 Å². The van der Waals surface area contributed by atoms with E-state index in [1.54, 1.807) is 18.2 Å². The number of benzene rings is 5. The van der Waals surface area contributed by atoms with Crippen LogP contribution in [0.3, 0.4) is 0 Å². The number of allylic oxidation sites excluding steroid dienone is 1. The Balaban J connectivity index is 1.29. The molecular formula is C35H26O2. The molecular weight excluding hydrogens is 452 g/mol. The van der Waals surface area contributed by atoms with Crippen molar-refractivity contribution in [3.63, 3.8) is 0 Å². The molecule has 0 bridgehead atoms. The van der Waals surface area contributed by atoms with Crippen molar-refractivity contribution in [2.45, 2.75) is 25.2 Å². The Labute approximate surface area is 216 Å². The van der Waals surface area contributed by atoms with Gasteiger partial charge in [0.25, 0.3) is 0 Å². The molecule has 2 atom stereocenters. The zero-order valence-corrected chi connectivity index (χ0v) is 20.5. The number of hydrogen-bond acceptors (Lipinski definition) is 2. The van der Waals surface area contributed by atoms with Crippen molar-refractivity contribution in [3.8, 4) is 0 Å². The van der Waals surface area contributed by atoms with Crippen molar-refractivity contribution in [2.75, 3.05) is 0 Å². The number of fused-ring (bicyclic) bond motifs is 7. The molecule has 7 rings (SSSR count). The van der Waals surface area contributed by atoms with Crippen LogP contribution in [0.2, 0.25) is 0 Å². The Morgan fingerprint density at radius 3 is 2.27 bits per heavy atom. The fraction of sp³-hybridized carbons (Fsp3) is 0.143. The van der Waals surface area contributed by atoms with Crippen LogP contribution >= 0.6 is 0 Å². The molecule has 2 heteroatoms. The van der Waals surface area contributed by atoms with Gasteiger partial charge in [0.05, 0.1) is 0 Å². The minimum absolute atomic E-state index is 0.00240. The first-order valence-electron chi connectivity index (χ1n) is 13.0. The molecule has 0 aliphatic heterocycles. The van der Waals surface area contributed by atoms with E-state index in [1.165, 1.54) is 32.7 Å². The lowest BCUT2D eigenvalue weighted by Crippen LogP contribution is -2.26. The van der Waals surface area contributed by atoms with E-state index in [0.29, 0.717) is 28.2 Å². The first-order chi connectivity index (χ1) is 18.2. The first kappa shape index (κ1) is 21.9. The van der Waals surface area contributed by atoms with Gasteiger partial charge < -0.3 is 0 Å². The van der Waals surface area contributed by atoms with Crippen LogP contribution in [0.1, 0.15) is 60.9 Å². The van der Waals surface area contributed by atoms with Gasteiger partial charge in [-0.1, -0.05) is 97.1 Å². The maximum absolute atomic E-state index is 13.6. The molecule has 178 valence electrons. The molecule has 2 aliphatic rings. The van der Waals surface area contributed by atoms with Crippen molar-refractivity contribution >= 4 is 33.1 Å².